The molecule has 0 bridgehead atoms. The van der Waals surface area contributed by atoms with Crippen molar-refractivity contribution in [3.8, 4) is 5.75 Å². The van der Waals surface area contributed by atoms with E-state index >= 15 is 0 Å². The van der Waals surface area contributed by atoms with Gasteiger partial charge < -0.3 is 9.64 Å². The lowest BCUT2D eigenvalue weighted by atomic mass is 10.1. The molecule has 0 aliphatic carbocycles. The molecule has 3 nitrogen and oxygen atoms in total. The number of para-hydroxylation sites is 1. The molecule has 0 spiro atoms. The molecule has 0 saturated heterocycles. The van der Waals surface area contributed by atoms with E-state index < -0.39 is 0 Å². The molecule has 1 heterocycles. The fourth-order valence-electron chi connectivity index (χ4n) is 2.29. The van der Waals surface area contributed by atoms with E-state index in [0.29, 0.717) is 24.5 Å². The number of fused-ring (bicyclic) bond motifs is 1. The van der Waals surface area contributed by atoms with Crippen molar-refractivity contribution in [1.29, 1.82) is 0 Å². The maximum absolute atomic E-state index is 12.4. The number of rotatable bonds is 6. The van der Waals surface area contributed by atoms with E-state index in [1.54, 1.807) is 0 Å². The number of carbonyl (C=O) groups excluding carboxylic acids is 1. The summed E-state index contributed by atoms with van der Waals surface area (Å²) < 4.78 is 5.62. The first-order valence-corrected chi connectivity index (χ1v) is 7.58. The molecule has 19 heavy (non-hydrogen) atoms. The van der Waals surface area contributed by atoms with Gasteiger partial charge in [0.1, 0.15) is 12.4 Å². The van der Waals surface area contributed by atoms with Crippen LogP contribution >= 0.6 is 12.6 Å². The van der Waals surface area contributed by atoms with Gasteiger partial charge in [-0.05, 0) is 30.7 Å². The molecule has 1 amide bonds. The number of nitrogens with zero attached hydrogens (tertiary/aromatic N) is 1. The van der Waals surface area contributed by atoms with Gasteiger partial charge in [-0.1, -0.05) is 25.0 Å². The van der Waals surface area contributed by atoms with Gasteiger partial charge in [-0.3, -0.25) is 4.79 Å². The first-order chi connectivity index (χ1) is 9.33. The molecule has 4 heteroatoms. The molecule has 1 aliphatic heterocycles. The average molecular weight is 279 g/mol. The van der Waals surface area contributed by atoms with Crippen molar-refractivity contribution < 1.29 is 9.53 Å². The summed E-state index contributed by atoms with van der Waals surface area (Å²) in [6, 6.07) is 7.50. The summed E-state index contributed by atoms with van der Waals surface area (Å²) in [5.41, 5.74) is 0.690. The van der Waals surface area contributed by atoms with E-state index in [4.69, 9.17) is 4.74 Å². The largest absolute Gasteiger partial charge is 0.491 e. The van der Waals surface area contributed by atoms with Crippen LogP contribution in [-0.2, 0) is 0 Å². The molecule has 0 atom stereocenters. The third-order valence-corrected chi connectivity index (χ3v) is 3.68. The number of ether oxygens (including phenoxy) is 1. The van der Waals surface area contributed by atoms with E-state index in [-0.39, 0.29) is 5.91 Å². The van der Waals surface area contributed by atoms with Crippen molar-refractivity contribution in [2.45, 2.75) is 25.7 Å². The Hall–Kier alpha value is -1.16. The molecule has 1 aromatic rings. The second-order valence-corrected chi connectivity index (χ2v) is 5.22. The van der Waals surface area contributed by atoms with Gasteiger partial charge >= 0.3 is 0 Å². The molecule has 0 N–H and O–H groups in total. The van der Waals surface area contributed by atoms with Crippen LogP contribution in [0.2, 0.25) is 0 Å². The average Bonchev–Trinajstić information content (AvgIpc) is 2.59. The van der Waals surface area contributed by atoms with Gasteiger partial charge in [0.25, 0.3) is 5.91 Å². The molecule has 2 rings (SSSR count). The number of carbonyl (C=O) groups is 1. The summed E-state index contributed by atoms with van der Waals surface area (Å²) in [4.78, 5) is 14.3. The molecular formula is C15H21NO2S. The number of thiol groups is 1. The summed E-state index contributed by atoms with van der Waals surface area (Å²) in [5, 5.41) is 0. The van der Waals surface area contributed by atoms with Crippen molar-refractivity contribution >= 4 is 18.5 Å². The first kappa shape index (κ1) is 14.3. The Kier molecular flexibility index (Phi) is 5.58. The lowest BCUT2D eigenvalue weighted by Crippen LogP contribution is -2.33. The summed E-state index contributed by atoms with van der Waals surface area (Å²) >= 11 is 4.20. The summed E-state index contributed by atoms with van der Waals surface area (Å²) in [5.74, 6) is 1.76. The number of amides is 1. The topological polar surface area (TPSA) is 29.5 Å². The van der Waals surface area contributed by atoms with Crippen LogP contribution in [0.15, 0.2) is 24.3 Å². The van der Waals surface area contributed by atoms with Gasteiger partial charge in [0.2, 0.25) is 0 Å². The Morgan fingerprint density at radius 1 is 1.16 bits per heavy atom. The molecule has 0 unspecified atom stereocenters. The third kappa shape index (κ3) is 3.90. The molecule has 0 aromatic heterocycles. The van der Waals surface area contributed by atoms with Gasteiger partial charge in [0.05, 0.1) is 12.1 Å². The zero-order valence-corrected chi connectivity index (χ0v) is 12.1. The zero-order valence-electron chi connectivity index (χ0n) is 11.2. The smallest absolute Gasteiger partial charge is 0.257 e. The predicted molar refractivity (Wildman–Crippen MR) is 80.2 cm³/mol. The standard InChI is InChI=1S/C15H21NO2S/c17-15-13-7-3-4-8-14(13)18-11-10-16(15)9-5-1-2-6-12-19/h3-4,7-8,19H,1-2,5-6,9-12H2. The van der Waals surface area contributed by atoms with Crippen molar-refractivity contribution in [2.24, 2.45) is 0 Å². The third-order valence-electron chi connectivity index (χ3n) is 3.36. The highest BCUT2D eigenvalue weighted by molar-refractivity contribution is 7.80. The van der Waals surface area contributed by atoms with Gasteiger partial charge in [-0.2, -0.15) is 12.6 Å². The first-order valence-electron chi connectivity index (χ1n) is 6.95. The van der Waals surface area contributed by atoms with Crippen LogP contribution in [0, 0.1) is 0 Å². The van der Waals surface area contributed by atoms with Crippen LogP contribution in [0.1, 0.15) is 36.0 Å². The summed E-state index contributed by atoms with van der Waals surface area (Å²) in [6.45, 7) is 2.09. The van der Waals surface area contributed by atoms with Gasteiger partial charge in [0.15, 0.2) is 0 Å². The minimum absolute atomic E-state index is 0.0993. The van der Waals surface area contributed by atoms with E-state index in [0.717, 1.165) is 31.6 Å². The second kappa shape index (κ2) is 7.43. The van der Waals surface area contributed by atoms with Crippen LogP contribution in [0.4, 0.5) is 0 Å². The fourth-order valence-corrected chi connectivity index (χ4v) is 2.51. The molecule has 1 aromatic carbocycles. The van der Waals surface area contributed by atoms with Crippen LogP contribution in [0.3, 0.4) is 0 Å². The number of hydrogen-bond donors (Lipinski definition) is 1. The minimum atomic E-state index is 0.0993. The lowest BCUT2D eigenvalue weighted by molar-refractivity contribution is 0.0752. The summed E-state index contributed by atoms with van der Waals surface area (Å²) in [7, 11) is 0. The molecule has 0 radical (unpaired) electrons. The highest BCUT2D eigenvalue weighted by Gasteiger charge is 2.22. The normalized spacial score (nSPS) is 14.8. The highest BCUT2D eigenvalue weighted by atomic mass is 32.1. The predicted octanol–water partition coefficient (Wildman–Crippen LogP) is 3.01. The number of benzene rings is 1. The van der Waals surface area contributed by atoms with Crippen LogP contribution < -0.4 is 4.74 Å². The number of unbranched alkanes of at least 4 members (excludes halogenated alkanes) is 3. The van der Waals surface area contributed by atoms with Crippen LogP contribution in [0.5, 0.6) is 5.75 Å². The quantitative estimate of drug-likeness (QED) is 0.641. The molecule has 1 aliphatic rings. The van der Waals surface area contributed by atoms with E-state index in [2.05, 4.69) is 12.6 Å². The maximum Gasteiger partial charge on any atom is 0.257 e. The summed E-state index contributed by atoms with van der Waals surface area (Å²) in [6.07, 6.45) is 4.57. The zero-order chi connectivity index (χ0) is 13.5. The van der Waals surface area contributed by atoms with Crippen molar-refractivity contribution in [3.63, 3.8) is 0 Å². The second-order valence-electron chi connectivity index (χ2n) is 4.77. The molecular weight excluding hydrogens is 258 g/mol. The lowest BCUT2D eigenvalue weighted by Gasteiger charge is -2.19. The van der Waals surface area contributed by atoms with Gasteiger partial charge in [-0.25, -0.2) is 0 Å². The van der Waals surface area contributed by atoms with E-state index in [1.165, 1.54) is 6.42 Å². The SMILES string of the molecule is O=C1c2ccccc2OCCN1CCCCCCS. The Morgan fingerprint density at radius 3 is 2.79 bits per heavy atom. The molecule has 0 fully saturated rings. The number of hydrogen-bond acceptors (Lipinski definition) is 3. The Labute approximate surface area is 120 Å². The molecule has 0 saturated carbocycles. The Balaban J connectivity index is 1.90. The maximum atomic E-state index is 12.4. The van der Waals surface area contributed by atoms with Gasteiger partial charge in [-0.15, -0.1) is 0 Å². The monoisotopic (exact) mass is 279 g/mol. The Bertz CT molecular complexity index is 422. The van der Waals surface area contributed by atoms with Crippen LogP contribution in [-0.4, -0.2) is 36.3 Å². The van der Waals surface area contributed by atoms with E-state index in [1.807, 2.05) is 29.2 Å². The van der Waals surface area contributed by atoms with Crippen LogP contribution in [0.25, 0.3) is 0 Å². The van der Waals surface area contributed by atoms with Gasteiger partial charge in [0, 0.05) is 6.54 Å². The van der Waals surface area contributed by atoms with Crippen molar-refractivity contribution in [2.75, 3.05) is 25.4 Å². The fraction of sp³-hybridized carbons (Fsp3) is 0.533. The van der Waals surface area contributed by atoms with Crippen molar-refractivity contribution in [3.05, 3.63) is 29.8 Å². The highest BCUT2D eigenvalue weighted by Crippen LogP contribution is 2.22. The van der Waals surface area contributed by atoms with Crippen molar-refractivity contribution in [1.82, 2.24) is 4.90 Å². The molecule has 104 valence electrons. The Morgan fingerprint density at radius 2 is 1.95 bits per heavy atom. The minimum Gasteiger partial charge on any atom is -0.491 e. The van der Waals surface area contributed by atoms with E-state index in [9.17, 15) is 4.79 Å².